The minimum atomic E-state index is -0.170. The number of nitrogens with one attached hydrogen (secondary N) is 1. The maximum absolute atomic E-state index is 12.0. The lowest BCUT2D eigenvalue weighted by molar-refractivity contribution is -0.111. The minimum Gasteiger partial charge on any atom is -0.323 e. The lowest BCUT2D eigenvalue weighted by Crippen LogP contribution is -2.07. The Morgan fingerprint density at radius 1 is 0.920 bits per heavy atom. The topological polar surface area (TPSA) is 42.0 Å². The molecule has 0 unspecified atom stereocenters. The molecule has 0 aliphatic rings. The van der Waals surface area contributed by atoms with Gasteiger partial charge >= 0.3 is 0 Å². The summed E-state index contributed by atoms with van der Waals surface area (Å²) >= 11 is 5.84. The molecule has 0 saturated carbocycles. The third-order valence-corrected chi connectivity index (χ3v) is 3.93. The largest absolute Gasteiger partial charge is 0.323 e. The summed E-state index contributed by atoms with van der Waals surface area (Å²) in [6.07, 6.45) is 7.68. The van der Waals surface area contributed by atoms with Crippen LogP contribution in [0.25, 0.3) is 6.08 Å². The summed E-state index contributed by atoms with van der Waals surface area (Å²) in [7, 11) is 0. The summed E-state index contributed by atoms with van der Waals surface area (Å²) in [5.74, 6) is -0.170. The van der Waals surface area contributed by atoms with Gasteiger partial charge in [0.2, 0.25) is 5.91 Å². The van der Waals surface area contributed by atoms with Gasteiger partial charge < -0.3 is 5.32 Å². The zero-order chi connectivity index (χ0) is 17.5. The van der Waals surface area contributed by atoms with E-state index in [2.05, 4.69) is 10.3 Å². The molecule has 0 fully saturated rings. The minimum absolute atomic E-state index is 0.170. The summed E-state index contributed by atoms with van der Waals surface area (Å²) in [4.78, 5) is 16.0. The van der Waals surface area contributed by atoms with Crippen LogP contribution in [-0.2, 0) is 11.2 Å². The van der Waals surface area contributed by atoms with Crippen LogP contribution in [0.3, 0.4) is 0 Å². The van der Waals surface area contributed by atoms with Gasteiger partial charge in [-0.15, -0.1) is 0 Å². The van der Waals surface area contributed by atoms with Crippen LogP contribution in [0.1, 0.15) is 16.7 Å². The van der Waals surface area contributed by atoms with Gasteiger partial charge in [0.1, 0.15) is 0 Å². The second kappa shape index (κ2) is 8.27. The predicted molar refractivity (Wildman–Crippen MR) is 103 cm³/mol. The van der Waals surface area contributed by atoms with Crippen LogP contribution < -0.4 is 5.32 Å². The van der Waals surface area contributed by atoms with Gasteiger partial charge in [-0.05, 0) is 65.6 Å². The van der Waals surface area contributed by atoms with Crippen molar-refractivity contribution >= 4 is 29.3 Å². The Bertz CT molecular complexity index is 857. The number of anilines is 1. The molecule has 3 aromatic rings. The molecule has 1 amide bonds. The number of rotatable bonds is 5. The Kier molecular flexibility index (Phi) is 5.60. The predicted octanol–water partition coefficient (Wildman–Crippen LogP) is 4.98. The monoisotopic (exact) mass is 348 g/mol. The highest BCUT2D eigenvalue weighted by Gasteiger charge is 2.00. The summed E-state index contributed by atoms with van der Waals surface area (Å²) < 4.78 is 0. The number of benzene rings is 2. The van der Waals surface area contributed by atoms with Gasteiger partial charge in [-0.3, -0.25) is 9.78 Å². The van der Waals surface area contributed by atoms with Crippen LogP contribution in [0.2, 0.25) is 5.02 Å². The number of halogens is 1. The quantitative estimate of drug-likeness (QED) is 0.661. The first kappa shape index (κ1) is 16.9. The second-order valence-corrected chi connectivity index (χ2v) is 6.04. The van der Waals surface area contributed by atoms with Crippen LogP contribution >= 0.6 is 11.6 Å². The van der Waals surface area contributed by atoms with Crippen molar-refractivity contribution in [2.45, 2.75) is 6.42 Å². The molecule has 124 valence electrons. The fourth-order valence-corrected chi connectivity index (χ4v) is 2.50. The molecule has 25 heavy (non-hydrogen) atoms. The third-order valence-electron chi connectivity index (χ3n) is 3.68. The van der Waals surface area contributed by atoms with E-state index in [9.17, 15) is 4.79 Å². The highest BCUT2D eigenvalue weighted by Crippen LogP contribution is 2.14. The lowest BCUT2D eigenvalue weighted by atomic mass is 10.1. The Balaban J connectivity index is 1.57. The van der Waals surface area contributed by atoms with E-state index in [1.54, 1.807) is 30.6 Å². The summed E-state index contributed by atoms with van der Waals surface area (Å²) in [5.41, 5.74) is 4.08. The molecule has 2 aromatic carbocycles. The molecule has 3 nitrogen and oxygen atoms in total. The Morgan fingerprint density at radius 2 is 1.56 bits per heavy atom. The van der Waals surface area contributed by atoms with Crippen molar-refractivity contribution in [3.8, 4) is 0 Å². The van der Waals surface area contributed by atoms with Crippen LogP contribution in [0, 0.1) is 0 Å². The van der Waals surface area contributed by atoms with Crippen molar-refractivity contribution in [3.63, 3.8) is 0 Å². The highest BCUT2D eigenvalue weighted by molar-refractivity contribution is 6.30. The molecule has 1 heterocycles. The Labute approximate surface area is 152 Å². The van der Waals surface area contributed by atoms with Gasteiger partial charge in [-0.2, -0.15) is 0 Å². The average molecular weight is 349 g/mol. The van der Waals surface area contributed by atoms with Gasteiger partial charge in [0.25, 0.3) is 0 Å². The summed E-state index contributed by atoms with van der Waals surface area (Å²) in [6.45, 7) is 0. The molecule has 0 atom stereocenters. The van der Waals surface area contributed by atoms with Crippen LogP contribution in [0.4, 0.5) is 5.69 Å². The molecule has 1 N–H and O–H groups in total. The smallest absolute Gasteiger partial charge is 0.248 e. The van der Waals surface area contributed by atoms with Gasteiger partial charge in [-0.25, -0.2) is 0 Å². The van der Waals surface area contributed by atoms with Crippen LogP contribution in [0.5, 0.6) is 0 Å². The molecule has 0 radical (unpaired) electrons. The van der Waals surface area contributed by atoms with E-state index in [4.69, 9.17) is 11.6 Å². The molecular weight excluding hydrogens is 332 g/mol. The Morgan fingerprint density at radius 3 is 2.24 bits per heavy atom. The van der Waals surface area contributed by atoms with Crippen LogP contribution in [-0.4, -0.2) is 10.9 Å². The third kappa shape index (κ3) is 5.30. The maximum atomic E-state index is 12.0. The molecule has 3 rings (SSSR count). The first-order valence-electron chi connectivity index (χ1n) is 7.91. The first-order valence-corrected chi connectivity index (χ1v) is 8.29. The van der Waals surface area contributed by atoms with Crippen molar-refractivity contribution < 1.29 is 4.79 Å². The molecule has 0 spiro atoms. The van der Waals surface area contributed by atoms with E-state index in [-0.39, 0.29) is 5.91 Å². The number of pyridine rings is 1. The van der Waals surface area contributed by atoms with Crippen LogP contribution in [0.15, 0.2) is 79.1 Å². The fourth-order valence-electron chi connectivity index (χ4n) is 2.37. The summed E-state index contributed by atoms with van der Waals surface area (Å²) in [6, 6.07) is 19.1. The maximum Gasteiger partial charge on any atom is 0.248 e. The number of nitrogens with zero attached hydrogens (tertiary/aromatic N) is 1. The van der Waals surface area contributed by atoms with E-state index in [0.29, 0.717) is 5.02 Å². The Hall–Kier alpha value is -2.91. The van der Waals surface area contributed by atoms with Crippen molar-refractivity contribution in [1.29, 1.82) is 0 Å². The molecule has 0 bridgehead atoms. The van der Waals surface area contributed by atoms with Gasteiger partial charge in [-0.1, -0.05) is 35.9 Å². The van der Waals surface area contributed by atoms with Crippen molar-refractivity contribution in [3.05, 3.63) is 101 Å². The number of carbonyl (C=O) groups is 1. The zero-order valence-electron chi connectivity index (χ0n) is 13.5. The SMILES string of the molecule is O=C(C=Cc1ccc(Cl)cc1)Nc1ccc(Cc2ccncc2)cc1. The average Bonchev–Trinajstić information content (AvgIpc) is 2.64. The molecule has 0 aliphatic heterocycles. The normalized spacial score (nSPS) is 10.8. The molecule has 1 aromatic heterocycles. The van der Waals surface area contributed by atoms with Gasteiger partial charge in [0.15, 0.2) is 0 Å². The van der Waals surface area contributed by atoms with E-state index in [1.807, 2.05) is 48.5 Å². The molecule has 0 saturated heterocycles. The number of aromatic nitrogens is 1. The zero-order valence-corrected chi connectivity index (χ0v) is 14.3. The van der Waals surface area contributed by atoms with Crippen molar-refractivity contribution in [1.82, 2.24) is 4.98 Å². The highest BCUT2D eigenvalue weighted by atomic mass is 35.5. The number of hydrogen-bond donors (Lipinski definition) is 1. The first-order chi connectivity index (χ1) is 12.2. The summed E-state index contributed by atoms with van der Waals surface area (Å²) in [5, 5.41) is 3.53. The number of hydrogen-bond acceptors (Lipinski definition) is 2. The van der Waals surface area contributed by atoms with Crippen molar-refractivity contribution in [2.24, 2.45) is 0 Å². The van der Waals surface area contributed by atoms with E-state index < -0.39 is 0 Å². The number of carbonyl (C=O) groups excluding carboxylic acids is 1. The van der Waals surface area contributed by atoms with E-state index >= 15 is 0 Å². The van der Waals surface area contributed by atoms with Gasteiger partial charge in [0, 0.05) is 29.2 Å². The molecular formula is C21H17ClN2O. The van der Waals surface area contributed by atoms with Gasteiger partial charge in [0.05, 0.1) is 0 Å². The molecule has 4 heteroatoms. The number of amides is 1. The standard InChI is InChI=1S/C21H17ClN2O/c22-19-6-1-16(2-7-19)5-10-21(25)24-20-8-3-17(4-9-20)15-18-11-13-23-14-12-18/h1-14H,15H2,(H,24,25). The lowest BCUT2D eigenvalue weighted by Gasteiger charge is -2.05. The second-order valence-electron chi connectivity index (χ2n) is 5.60. The van der Waals surface area contributed by atoms with E-state index in [0.717, 1.165) is 17.7 Å². The molecule has 0 aliphatic carbocycles. The van der Waals surface area contributed by atoms with Crippen molar-refractivity contribution in [2.75, 3.05) is 5.32 Å². The fraction of sp³-hybridized carbons (Fsp3) is 0.0476. The van der Waals surface area contributed by atoms with E-state index in [1.165, 1.54) is 17.2 Å².